The molecule has 1 aromatic rings. The van der Waals surface area contributed by atoms with Gasteiger partial charge in [0.2, 0.25) is 11.8 Å². The summed E-state index contributed by atoms with van der Waals surface area (Å²) in [5, 5.41) is 14.1. The molecule has 1 aliphatic carbocycles. The van der Waals surface area contributed by atoms with Crippen LogP contribution in [-0.4, -0.2) is 36.0 Å². The van der Waals surface area contributed by atoms with Gasteiger partial charge in [0.15, 0.2) is 6.61 Å². The number of amides is 2. The fraction of sp³-hybridized carbons (Fsp3) is 0.438. The Morgan fingerprint density at radius 3 is 2.48 bits per heavy atom. The van der Waals surface area contributed by atoms with Crippen LogP contribution in [0.1, 0.15) is 25.7 Å². The first-order valence-electron chi connectivity index (χ1n) is 7.57. The topological polar surface area (TPSA) is 105 Å². The van der Waals surface area contributed by atoms with E-state index < -0.39 is 12.6 Å². The number of carboxylic acids is 1. The second-order valence-electron chi connectivity index (χ2n) is 5.42. The van der Waals surface area contributed by atoms with Gasteiger partial charge in [0.05, 0.1) is 0 Å². The molecule has 1 saturated carbocycles. The van der Waals surface area contributed by atoms with Crippen molar-refractivity contribution in [3.63, 3.8) is 0 Å². The summed E-state index contributed by atoms with van der Waals surface area (Å²) in [6, 6.07) is 6.47. The second-order valence-corrected chi connectivity index (χ2v) is 5.42. The van der Waals surface area contributed by atoms with Gasteiger partial charge in [-0.25, -0.2) is 4.79 Å². The first-order valence-corrected chi connectivity index (χ1v) is 7.57. The SMILES string of the molecule is O=C(O)COc1ccc(NC(=O)CCCNC(=O)C2CC2)cc1. The fourth-order valence-electron chi connectivity index (χ4n) is 1.95. The molecule has 3 N–H and O–H groups in total. The van der Waals surface area contributed by atoms with E-state index in [1.807, 2.05) is 0 Å². The van der Waals surface area contributed by atoms with E-state index in [2.05, 4.69) is 10.6 Å². The minimum atomic E-state index is -1.05. The zero-order valence-corrected chi connectivity index (χ0v) is 12.7. The van der Waals surface area contributed by atoms with E-state index in [4.69, 9.17) is 9.84 Å². The van der Waals surface area contributed by atoms with Crippen LogP contribution in [0.2, 0.25) is 0 Å². The lowest BCUT2D eigenvalue weighted by Gasteiger charge is -2.07. The van der Waals surface area contributed by atoms with Crippen molar-refractivity contribution >= 4 is 23.5 Å². The normalized spacial score (nSPS) is 13.2. The third kappa shape index (κ3) is 6.37. The molecule has 7 heteroatoms. The van der Waals surface area contributed by atoms with Gasteiger partial charge in [-0.2, -0.15) is 0 Å². The molecule has 0 aliphatic heterocycles. The molecule has 0 unspecified atom stereocenters. The van der Waals surface area contributed by atoms with Crippen LogP contribution in [0.25, 0.3) is 0 Å². The summed E-state index contributed by atoms with van der Waals surface area (Å²) in [6.45, 7) is 0.100. The Balaban J connectivity index is 1.63. The van der Waals surface area contributed by atoms with Crippen LogP contribution in [0.3, 0.4) is 0 Å². The van der Waals surface area contributed by atoms with Crippen LogP contribution in [-0.2, 0) is 14.4 Å². The number of carbonyl (C=O) groups excluding carboxylic acids is 2. The molecule has 23 heavy (non-hydrogen) atoms. The Labute approximate surface area is 134 Å². The summed E-state index contributed by atoms with van der Waals surface area (Å²) in [5.74, 6) is -0.484. The lowest BCUT2D eigenvalue weighted by atomic mass is 10.2. The van der Waals surface area contributed by atoms with Crippen LogP contribution in [0, 0.1) is 5.92 Å². The number of hydrogen-bond donors (Lipinski definition) is 3. The number of carboxylic acid groups (broad SMARTS) is 1. The van der Waals surface area contributed by atoms with Crippen molar-refractivity contribution < 1.29 is 24.2 Å². The van der Waals surface area contributed by atoms with Crippen LogP contribution in [0.15, 0.2) is 24.3 Å². The van der Waals surface area contributed by atoms with Crippen molar-refractivity contribution in [1.82, 2.24) is 5.32 Å². The highest BCUT2D eigenvalue weighted by atomic mass is 16.5. The van der Waals surface area contributed by atoms with Gasteiger partial charge >= 0.3 is 5.97 Å². The molecule has 0 bridgehead atoms. The molecular weight excluding hydrogens is 300 g/mol. The number of carbonyl (C=O) groups is 3. The summed E-state index contributed by atoms with van der Waals surface area (Å²) in [7, 11) is 0. The molecule has 0 aromatic heterocycles. The molecule has 0 radical (unpaired) electrons. The molecule has 0 spiro atoms. The predicted octanol–water partition coefficient (Wildman–Crippen LogP) is 1.39. The van der Waals surface area contributed by atoms with Crippen molar-refractivity contribution in [2.24, 2.45) is 5.92 Å². The number of ether oxygens (including phenoxy) is 1. The summed E-state index contributed by atoms with van der Waals surface area (Å²) in [5.41, 5.74) is 0.611. The highest BCUT2D eigenvalue weighted by Gasteiger charge is 2.28. The van der Waals surface area contributed by atoms with Gasteiger partial charge < -0.3 is 20.5 Å². The number of benzene rings is 1. The molecule has 2 rings (SSSR count). The van der Waals surface area contributed by atoms with Crippen molar-refractivity contribution in [2.45, 2.75) is 25.7 Å². The summed E-state index contributed by atoms with van der Waals surface area (Å²) >= 11 is 0. The monoisotopic (exact) mass is 320 g/mol. The first kappa shape index (κ1) is 16.8. The molecule has 0 atom stereocenters. The van der Waals surface area contributed by atoms with Gasteiger partial charge in [-0.3, -0.25) is 9.59 Å². The van der Waals surface area contributed by atoms with Gasteiger partial charge in [-0.15, -0.1) is 0 Å². The Morgan fingerprint density at radius 1 is 1.17 bits per heavy atom. The predicted molar refractivity (Wildman–Crippen MR) is 83.2 cm³/mol. The summed E-state index contributed by atoms with van der Waals surface area (Å²) in [6.07, 6.45) is 2.85. The lowest BCUT2D eigenvalue weighted by Crippen LogP contribution is -2.26. The van der Waals surface area contributed by atoms with Crippen molar-refractivity contribution in [1.29, 1.82) is 0 Å². The van der Waals surface area contributed by atoms with Gasteiger partial charge in [0.1, 0.15) is 5.75 Å². The van der Waals surface area contributed by atoms with Crippen molar-refractivity contribution in [2.75, 3.05) is 18.5 Å². The van der Waals surface area contributed by atoms with E-state index in [0.717, 1.165) is 12.8 Å². The van der Waals surface area contributed by atoms with Gasteiger partial charge in [-0.1, -0.05) is 0 Å². The number of nitrogens with one attached hydrogen (secondary N) is 2. The van der Waals surface area contributed by atoms with Crippen LogP contribution in [0.5, 0.6) is 5.75 Å². The van der Waals surface area contributed by atoms with Crippen LogP contribution < -0.4 is 15.4 Å². The first-order chi connectivity index (χ1) is 11.0. The largest absolute Gasteiger partial charge is 0.482 e. The van der Waals surface area contributed by atoms with Gasteiger partial charge in [0.25, 0.3) is 0 Å². The maximum Gasteiger partial charge on any atom is 0.341 e. The molecule has 7 nitrogen and oxygen atoms in total. The average molecular weight is 320 g/mol. The standard InChI is InChI=1S/C16H20N2O5/c19-14(2-1-9-17-16(22)11-3-4-11)18-12-5-7-13(8-6-12)23-10-15(20)21/h5-8,11H,1-4,9-10H2,(H,17,22)(H,18,19)(H,20,21). The maximum atomic E-state index is 11.8. The molecular formula is C16H20N2O5. The quantitative estimate of drug-likeness (QED) is 0.596. The Bertz CT molecular complexity index is 566. The Kier molecular flexibility index (Phi) is 5.96. The number of rotatable bonds is 9. The third-order valence-electron chi connectivity index (χ3n) is 3.33. The van der Waals surface area contributed by atoms with Crippen LogP contribution >= 0.6 is 0 Å². The minimum Gasteiger partial charge on any atom is -0.482 e. The van der Waals surface area contributed by atoms with E-state index >= 15 is 0 Å². The second kappa shape index (κ2) is 8.17. The minimum absolute atomic E-state index is 0.0855. The summed E-state index contributed by atoms with van der Waals surface area (Å²) in [4.78, 5) is 33.6. The lowest BCUT2D eigenvalue weighted by molar-refractivity contribution is -0.139. The number of anilines is 1. The van der Waals surface area contributed by atoms with E-state index in [0.29, 0.717) is 30.8 Å². The number of aliphatic carboxylic acids is 1. The fourth-order valence-corrected chi connectivity index (χ4v) is 1.95. The highest BCUT2D eigenvalue weighted by Crippen LogP contribution is 2.28. The Morgan fingerprint density at radius 2 is 1.87 bits per heavy atom. The molecule has 1 fully saturated rings. The van der Waals surface area contributed by atoms with Gasteiger partial charge in [0, 0.05) is 24.6 Å². The average Bonchev–Trinajstić information content (AvgIpc) is 3.35. The molecule has 0 heterocycles. The van der Waals surface area contributed by atoms with E-state index in [-0.39, 0.29) is 17.7 Å². The Hall–Kier alpha value is -2.57. The van der Waals surface area contributed by atoms with Gasteiger partial charge in [-0.05, 0) is 43.5 Å². The zero-order chi connectivity index (χ0) is 16.7. The number of hydrogen-bond acceptors (Lipinski definition) is 4. The molecule has 0 saturated heterocycles. The molecule has 2 amide bonds. The summed E-state index contributed by atoms with van der Waals surface area (Å²) < 4.78 is 5.00. The molecule has 124 valence electrons. The smallest absolute Gasteiger partial charge is 0.341 e. The van der Waals surface area contributed by atoms with Crippen molar-refractivity contribution in [3.8, 4) is 5.75 Å². The van der Waals surface area contributed by atoms with Crippen molar-refractivity contribution in [3.05, 3.63) is 24.3 Å². The van der Waals surface area contributed by atoms with E-state index in [1.54, 1.807) is 24.3 Å². The maximum absolute atomic E-state index is 11.8. The zero-order valence-electron chi connectivity index (χ0n) is 12.7. The molecule has 1 aromatic carbocycles. The van der Waals surface area contributed by atoms with E-state index in [1.165, 1.54) is 0 Å². The third-order valence-corrected chi connectivity index (χ3v) is 3.33. The van der Waals surface area contributed by atoms with E-state index in [9.17, 15) is 14.4 Å². The highest BCUT2D eigenvalue weighted by molar-refractivity contribution is 5.90. The molecule has 1 aliphatic rings. The van der Waals surface area contributed by atoms with Crippen LogP contribution in [0.4, 0.5) is 5.69 Å².